The molecule has 5 unspecified atom stereocenters. The molecule has 15 nitrogen and oxygen atoms in total. The van der Waals surface area contributed by atoms with Crippen molar-refractivity contribution >= 4 is 35.4 Å². The summed E-state index contributed by atoms with van der Waals surface area (Å²) in [7, 11) is 0. The van der Waals surface area contributed by atoms with Gasteiger partial charge in [0.05, 0.1) is 18.8 Å². The molecule has 7 N–H and O–H groups in total. The van der Waals surface area contributed by atoms with Crippen LogP contribution in [-0.4, -0.2) is 114 Å². The number of nitrogens with two attached hydrogens (primary N) is 1. The minimum Gasteiger partial charge on any atom is -0.462 e. The summed E-state index contributed by atoms with van der Waals surface area (Å²) in [6.45, 7) is 4.19. The van der Waals surface area contributed by atoms with Crippen LogP contribution in [0.5, 0.6) is 0 Å². The summed E-state index contributed by atoms with van der Waals surface area (Å²) >= 11 is 1.30. The van der Waals surface area contributed by atoms with Crippen molar-refractivity contribution in [3.05, 3.63) is 6.20 Å². The van der Waals surface area contributed by atoms with E-state index in [1.807, 2.05) is 0 Å². The number of carbonyl (C=O) groups excluding carboxylic acids is 3. The average molecular weight is 760 g/mol. The van der Waals surface area contributed by atoms with Crippen molar-refractivity contribution < 1.29 is 49.0 Å². The van der Waals surface area contributed by atoms with Crippen LogP contribution < -0.4 is 11.1 Å². The summed E-state index contributed by atoms with van der Waals surface area (Å²) in [6, 6.07) is -0.955. The second-order valence-electron chi connectivity index (χ2n) is 13.7. The highest BCUT2D eigenvalue weighted by Crippen LogP contribution is 2.21. The first-order chi connectivity index (χ1) is 25.0. The Hall–Kier alpha value is -2.34. The fourth-order valence-electron chi connectivity index (χ4n) is 5.76. The highest BCUT2D eigenvalue weighted by atomic mass is 32.2. The van der Waals surface area contributed by atoms with Gasteiger partial charge in [0.15, 0.2) is 12.1 Å². The van der Waals surface area contributed by atoms with Crippen molar-refractivity contribution in [1.82, 2.24) is 15.0 Å². The van der Waals surface area contributed by atoms with E-state index >= 15 is 0 Å². The Morgan fingerprint density at radius 2 is 1.38 bits per heavy atom. The molecular weight excluding hydrogens is 694 g/mol. The smallest absolute Gasteiger partial charge is 0.306 e. The van der Waals surface area contributed by atoms with Gasteiger partial charge in [-0.15, -0.1) is 5.10 Å². The molecule has 1 aliphatic rings. The number of esters is 2. The summed E-state index contributed by atoms with van der Waals surface area (Å²) < 4.78 is 17.6. The molecule has 1 aromatic heterocycles. The minimum atomic E-state index is -1.69. The normalized spacial score (nSPS) is 21.4. The van der Waals surface area contributed by atoms with E-state index < -0.39 is 48.8 Å². The topological polar surface area (TPSA) is 229 Å². The van der Waals surface area contributed by atoms with Crippen LogP contribution in [-0.2, 0) is 35.1 Å². The minimum absolute atomic E-state index is 0.0665. The van der Waals surface area contributed by atoms with Crippen molar-refractivity contribution in [1.29, 1.82) is 0 Å². The first kappa shape index (κ1) is 45.8. The van der Waals surface area contributed by atoms with E-state index in [0.29, 0.717) is 12.8 Å². The molecule has 0 spiro atoms. The molecule has 1 aromatic rings. The summed E-state index contributed by atoms with van der Waals surface area (Å²) in [5.41, 5.74) is 6.13. The van der Waals surface area contributed by atoms with Gasteiger partial charge in [0.25, 0.3) is 0 Å². The molecule has 0 bridgehead atoms. The number of rotatable bonds is 29. The number of carbonyl (C=O) groups is 3. The van der Waals surface area contributed by atoms with Gasteiger partial charge >= 0.3 is 11.9 Å². The van der Waals surface area contributed by atoms with Crippen LogP contribution in [0.2, 0.25) is 0 Å². The van der Waals surface area contributed by atoms with Crippen LogP contribution in [0.4, 0.5) is 5.82 Å². The van der Waals surface area contributed by atoms with Crippen molar-refractivity contribution in [3.8, 4) is 0 Å². The van der Waals surface area contributed by atoms with Crippen molar-refractivity contribution in [2.24, 2.45) is 5.73 Å². The average Bonchev–Trinajstić information content (AvgIpc) is 3.56. The maximum Gasteiger partial charge on any atom is 0.306 e. The van der Waals surface area contributed by atoms with Gasteiger partial charge in [-0.1, -0.05) is 109 Å². The molecule has 0 radical (unpaired) electrons. The molecule has 0 aromatic carbocycles. The lowest BCUT2D eigenvalue weighted by Crippen LogP contribution is -2.58. The molecule has 16 heteroatoms. The Morgan fingerprint density at radius 3 is 1.98 bits per heavy atom. The van der Waals surface area contributed by atoms with E-state index in [2.05, 4.69) is 29.5 Å². The van der Waals surface area contributed by atoms with Gasteiger partial charge in [-0.25, -0.2) is 4.68 Å². The van der Waals surface area contributed by atoms with Crippen molar-refractivity contribution in [2.75, 3.05) is 23.4 Å². The number of hydrogen-bond donors (Lipinski definition) is 6. The number of thioether (sulfide) groups is 1. The van der Waals surface area contributed by atoms with Crippen molar-refractivity contribution in [2.45, 2.75) is 179 Å². The summed E-state index contributed by atoms with van der Waals surface area (Å²) in [6.07, 6.45) is 11.6. The number of aliphatic hydroxyl groups excluding tert-OH is 4. The third kappa shape index (κ3) is 19.1. The van der Waals surface area contributed by atoms with Gasteiger partial charge in [0, 0.05) is 24.3 Å². The van der Waals surface area contributed by atoms with Crippen LogP contribution in [0, 0.1) is 0 Å². The number of hydrogen-bond acceptors (Lipinski definition) is 14. The number of unbranched alkanes of at least 4 members (excludes halogenated alkanes) is 14. The van der Waals surface area contributed by atoms with Gasteiger partial charge in [-0.2, -0.15) is 11.8 Å². The number of nitrogens with zero attached hydrogens (tertiary/aromatic N) is 3. The van der Waals surface area contributed by atoms with E-state index in [4.69, 9.17) is 19.9 Å². The largest absolute Gasteiger partial charge is 0.462 e. The predicted molar refractivity (Wildman–Crippen MR) is 198 cm³/mol. The Balaban J connectivity index is 1.79. The zero-order chi connectivity index (χ0) is 38.1. The van der Waals surface area contributed by atoms with Crippen LogP contribution in [0.3, 0.4) is 0 Å². The number of amides is 1. The van der Waals surface area contributed by atoms with Gasteiger partial charge in [-0.3, -0.25) is 14.4 Å². The van der Waals surface area contributed by atoms with Crippen LogP contribution in [0.1, 0.15) is 129 Å². The Kier molecular flexibility index (Phi) is 24.0. The molecular formula is C36H65N5O10S. The first-order valence-electron chi connectivity index (χ1n) is 19.3. The summed E-state index contributed by atoms with van der Waals surface area (Å²) in [5.74, 6) is -0.665. The Morgan fingerprint density at radius 1 is 0.827 bits per heavy atom. The second kappa shape index (κ2) is 27.3. The number of anilines is 1. The third-order valence-corrected chi connectivity index (χ3v) is 10.2. The molecule has 1 saturated heterocycles. The second-order valence-corrected chi connectivity index (χ2v) is 14.8. The van der Waals surface area contributed by atoms with E-state index in [0.717, 1.165) is 44.9 Å². The zero-order valence-electron chi connectivity index (χ0n) is 31.2. The van der Waals surface area contributed by atoms with Crippen molar-refractivity contribution in [3.63, 3.8) is 0 Å². The van der Waals surface area contributed by atoms with Gasteiger partial charge in [-0.05, 0) is 12.8 Å². The molecule has 1 fully saturated rings. The van der Waals surface area contributed by atoms with Crippen LogP contribution in [0.25, 0.3) is 0 Å². The molecule has 2 heterocycles. The molecule has 1 amide bonds. The van der Waals surface area contributed by atoms with E-state index in [1.165, 1.54) is 80.4 Å². The first-order valence-corrected chi connectivity index (χ1v) is 20.5. The number of aliphatic hydroxyl groups is 4. The Bertz CT molecular complexity index is 1130. The molecule has 2 rings (SSSR count). The molecule has 1 aliphatic heterocycles. The fraction of sp³-hybridized carbons (Fsp3) is 0.861. The van der Waals surface area contributed by atoms with E-state index in [-0.39, 0.29) is 42.4 Å². The van der Waals surface area contributed by atoms with Gasteiger partial charge in [0.2, 0.25) is 5.91 Å². The number of ether oxygens (including phenoxy) is 3. The lowest BCUT2D eigenvalue weighted by Gasteiger charge is -2.38. The standard InChI is InChI=1S/C36H65N5O10S/c1-3-5-7-9-11-13-15-17-19-30(42)49-23-26(50-31(43)20-18-16-14-12-10-8-6-4-2)24-52-25-27(37)35(47)38-29-22-41(40-39-29)21-28-32(44)33(45)34(46)36(48)51-28/h22,26-28,32-34,36,44-46,48H,3-21,23-25,37H2,1-2H3,(H,38,47)/t26-,27-,28?,32?,33?,34?,36?/m1/s1. The highest BCUT2D eigenvalue weighted by molar-refractivity contribution is 7.99. The molecule has 52 heavy (non-hydrogen) atoms. The zero-order valence-corrected chi connectivity index (χ0v) is 32.1. The van der Waals surface area contributed by atoms with Gasteiger partial charge < -0.3 is 45.7 Å². The monoisotopic (exact) mass is 759 g/mol. The maximum atomic E-state index is 12.8. The fourth-order valence-corrected chi connectivity index (χ4v) is 6.73. The number of nitrogens with one attached hydrogen (secondary N) is 1. The summed E-state index contributed by atoms with van der Waals surface area (Å²) in [4.78, 5) is 37.9. The molecule has 0 saturated carbocycles. The molecule has 300 valence electrons. The quantitative estimate of drug-likeness (QED) is 0.0507. The van der Waals surface area contributed by atoms with Gasteiger partial charge in [0.1, 0.15) is 37.1 Å². The Labute approximate surface area is 313 Å². The highest BCUT2D eigenvalue weighted by Gasteiger charge is 2.43. The lowest BCUT2D eigenvalue weighted by molar-refractivity contribution is -0.284. The van der Waals surface area contributed by atoms with E-state index in [1.54, 1.807) is 0 Å². The molecule has 0 aliphatic carbocycles. The van der Waals surface area contributed by atoms with Crippen LogP contribution in [0.15, 0.2) is 6.20 Å². The SMILES string of the molecule is CCCCCCCCCCC(=O)OC[C@H](CSC[C@@H](N)C(=O)Nc1cn(CC2OC(O)C(O)C(O)C2O)nn1)OC(=O)CCCCCCCCCC. The van der Waals surface area contributed by atoms with E-state index in [9.17, 15) is 34.8 Å². The molecule has 7 atom stereocenters. The maximum absolute atomic E-state index is 12.8. The third-order valence-electron chi connectivity index (χ3n) is 8.98. The summed E-state index contributed by atoms with van der Waals surface area (Å²) in [5, 5.41) is 49.8. The number of aromatic nitrogens is 3. The lowest BCUT2D eigenvalue weighted by atomic mass is 9.99. The van der Waals surface area contributed by atoms with Crippen LogP contribution >= 0.6 is 11.8 Å². The predicted octanol–water partition coefficient (Wildman–Crippen LogP) is 3.59.